The van der Waals surface area contributed by atoms with Crippen LogP contribution in [0.3, 0.4) is 0 Å². The lowest BCUT2D eigenvalue weighted by atomic mass is 10.2. The Labute approximate surface area is 149 Å². The van der Waals surface area contributed by atoms with E-state index in [0.29, 0.717) is 10.6 Å². The fourth-order valence-electron chi connectivity index (χ4n) is 2.39. The zero-order valence-electron chi connectivity index (χ0n) is 13.6. The van der Waals surface area contributed by atoms with Crippen LogP contribution in [0.4, 0.5) is 0 Å². The molecule has 1 aromatic carbocycles. The van der Waals surface area contributed by atoms with Crippen molar-refractivity contribution in [2.24, 2.45) is 0 Å². The van der Waals surface area contributed by atoms with Crippen LogP contribution in [-0.2, 0) is 11.3 Å². The second-order valence-corrected chi connectivity index (χ2v) is 6.00. The van der Waals surface area contributed by atoms with Gasteiger partial charge in [0.2, 0.25) is 5.91 Å². The quantitative estimate of drug-likeness (QED) is 0.737. The number of amides is 2. The summed E-state index contributed by atoms with van der Waals surface area (Å²) in [6.07, 6.45) is 3.74. The highest BCUT2D eigenvalue weighted by atomic mass is 35.5. The van der Waals surface area contributed by atoms with Gasteiger partial charge in [-0.25, -0.2) is 4.98 Å². The van der Waals surface area contributed by atoms with Gasteiger partial charge in [0.1, 0.15) is 11.7 Å². The number of pyridine rings is 1. The summed E-state index contributed by atoms with van der Waals surface area (Å²) in [6, 6.07) is 11.7. The van der Waals surface area contributed by atoms with Crippen molar-refractivity contribution in [3.05, 3.63) is 71.1 Å². The molecule has 2 aromatic heterocycles. The van der Waals surface area contributed by atoms with Gasteiger partial charge in [0.15, 0.2) is 0 Å². The third-order valence-electron chi connectivity index (χ3n) is 3.72. The smallest absolute Gasteiger partial charge is 0.253 e. The monoisotopic (exact) mass is 356 g/mol. The van der Waals surface area contributed by atoms with Gasteiger partial charge in [-0.05, 0) is 31.2 Å². The van der Waals surface area contributed by atoms with Gasteiger partial charge in [-0.3, -0.25) is 9.59 Å². The molecule has 128 valence electrons. The van der Waals surface area contributed by atoms with Crippen LogP contribution >= 0.6 is 11.6 Å². The fourth-order valence-corrected chi connectivity index (χ4v) is 2.61. The molecule has 7 heteroatoms. The molecule has 0 aliphatic carbocycles. The lowest BCUT2D eigenvalue weighted by Gasteiger charge is -2.14. The number of hydrogen-bond acceptors (Lipinski definition) is 3. The van der Waals surface area contributed by atoms with E-state index in [1.165, 1.54) is 0 Å². The number of carbonyl (C=O) groups excluding carboxylic acids is 2. The molecule has 0 radical (unpaired) electrons. The molecule has 2 amide bonds. The highest BCUT2D eigenvalue weighted by Gasteiger charge is 2.18. The first-order chi connectivity index (χ1) is 12.0. The third kappa shape index (κ3) is 3.97. The number of hydrogen-bond donors (Lipinski definition) is 2. The minimum absolute atomic E-state index is 0.285. The molecular formula is C18H17ClN4O2. The number of fused-ring (bicyclic) bond motifs is 1. The van der Waals surface area contributed by atoms with E-state index >= 15 is 0 Å². The van der Waals surface area contributed by atoms with Gasteiger partial charge in [-0.1, -0.05) is 29.8 Å². The van der Waals surface area contributed by atoms with Gasteiger partial charge in [0.25, 0.3) is 5.91 Å². The summed E-state index contributed by atoms with van der Waals surface area (Å²) in [7, 11) is 0. The van der Waals surface area contributed by atoms with Crippen LogP contribution in [0.15, 0.2) is 54.9 Å². The minimum Gasteiger partial charge on any atom is -0.349 e. The molecule has 0 unspecified atom stereocenters. The average molecular weight is 357 g/mol. The van der Waals surface area contributed by atoms with Crippen LogP contribution in [0.1, 0.15) is 23.0 Å². The van der Waals surface area contributed by atoms with Crippen molar-refractivity contribution in [1.29, 1.82) is 0 Å². The molecular weight excluding hydrogens is 340 g/mol. The van der Waals surface area contributed by atoms with Crippen molar-refractivity contribution in [1.82, 2.24) is 20.0 Å². The number of carbonyl (C=O) groups is 2. The van der Waals surface area contributed by atoms with Crippen LogP contribution in [0.25, 0.3) is 5.65 Å². The second-order valence-electron chi connectivity index (χ2n) is 5.59. The van der Waals surface area contributed by atoms with Crippen LogP contribution in [0.5, 0.6) is 0 Å². The lowest BCUT2D eigenvalue weighted by Crippen LogP contribution is -2.44. The molecule has 0 aliphatic heterocycles. The van der Waals surface area contributed by atoms with E-state index in [4.69, 9.17) is 11.6 Å². The number of aromatic nitrogens is 2. The number of nitrogens with zero attached hydrogens (tertiary/aromatic N) is 2. The summed E-state index contributed by atoms with van der Waals surface area (Å²) < 4.78 is 1.88. The van der Waals surface area contributed by atoms with Crippen molar-refractivity contribution in [2.45, 2.75) is 19.5 Å². The van der Waals surface area contributed by atoms with Crippen LogP contribution < -0.4 is 10.6 Å². The Morgan fingerprint density at radius 2 is 1.96 bits per heavy atom. The SMILES string of the molecule is C[C@H](NC(=O)c1ccccc1Cl)C(=O)NCc1cn2ccccc2n1. The average Bonchev–Trinajstić information content (AvgIpc) is 3.02. The Balaban J connectivity index is 1.57. The summed E-state index contributed by atoms with van der Waals surface area (Å²) in [5.41, 5.74) is 1.89. The van der Waals surface area contributed by atoms with Crippen LogP contribution in [0, 0.1) is 0 Å². The molecule has 3 rings (SSSR count). The Morgan fingerprint density at radius 3 is 2.72 bits per heavy atom. The van der Waals surface area contributed by atoms with Gasteiger partial charge in [0, 0.05) is 12.4 Å². The molecule has 25 heavy (non-hydrogen) atoms. The van der Waals surface area contributed by atoms with Crippen LogP contribution in [-0.4, -0.2) is 27.2 Å². The molecule has 3 aromatic rings. The summed E-state index contributed by atoms with van der Waals surface area (Å²) in [6.45, 7) is 1.90. The minimum atomic E-state index is -0.694. The normalized spacial score (nSPS) is 11.9. The van der Waals surface area contributed by atoms with Crippen molar-refractivity contribution in [3.8, 4) is 0 Å². The number of rotatable bonds is 5. The summed E-state index contributed by atoms with van der Waals surface area (Å²) in [5, 5.41) is 5.75. The maximum absolute atomic E-state index is 12.2. The first kappa shape index (κ1) is 17.0. The highest BCUT2D eigenvalue weighted by Crippen LogP contribution is 2.14. The van der Waals surface area contributed by atoms with Gasteiger partial charge in [0.05, 0.1) is 22.8 Å². The number of nitrogens with one attached hydrogen (secondary N) is 2. The predicted octanol–water partition coefficient (Wildman–Crippen LogP) is 2.42. The Morgan fingerprint density at radius 1 is 1.20 bits per heavy atom. The maximum atomic E-state index is 12.2. The number of halogens is 1. The van der Waals surface area contributed by atoms with Crippen molar-refractivity contribution >= 4 is 29.1 Å². The molecule has 0 fully saturated rings. The molecule has 0 saturated heterocycles. The van der Waals surface area contributed by atoms with E-state index in [9.17, 15) is 9.59 Å². The standard InChI is InChI=1S/C18H17ClN4O2/c1-12(21-18(25)14-6-2-3-7-15(14)19)17(24)20-10-13-11-23-9-5-4-8-16(23)22-13/h2-9,11-12H,10H2,1H3,(H,20,24)(H,21,25)/t12-/m0/s1. The summed E-state index contributed by atoms with van der Waals surface area (Å²) in [5.74, 6) is -0.682. The van der Waals surface area contributed by atoms with Crippen molar-refractivity contribution in [2.75, 3.05) is 0 Å². The molecule has 2 N–H and O–H groups in total. The van der Waals surface area contributed by atoms with E-state index in [1.807, 2.05) is 35.0 Å². The van der Waals surface area contributed by atoms with Gasteiger partial charge < -0.3 is 15.0 Å². The van der Waals surface area contributed by atoms with E-state index in [-0.39, 0.29) is 18.4 Å². The zero-order valence-corrected chi connectivity index (χ0v) is 14.3. The van der Waals surface area contributed by atoms with Crippen molar-refractivity contribution in [3.63, 3.8) is 0 Å². The molecule has 6 nitrogen and oxygen atoms in total. The largest absolute Gasteiger partial charge is 0.349 e. The van der Waals surface area contributed by atoms with Crippen molar-refractivity contribution < 1.29 is 9.59 Å². The van der Waals surface area contributed by atoms with Gasteiger partial charge in [-0.2, -0.15) is 0 Å². The molecule has 1 atom stereocenters. The molecule has 0 saturated carbocycles. The summed E-state index contributed by atoms with van der Waals surface area (Å²) in [4.78, 5) is 28.8. The molecule has 0 spiro atoms. The van der Waals surface area contributed by atoms with E-state index < -0.39 is 6.04 Å². The fraction of sp³-hybridized carbons (Fsp3) is 0.167. The second kappa shape index (κ2) is 7.36. The Kier molecular flexibility index (Phi) is 5.00. The van der Waals surface area contributed by atoms with E-state index in [1.54, 1.807) is 31.2 Å². The van der Waals surface area contributed by atoms with E-state index in [0.717, 1.165) is 11.3 Å². The van der Waals surface area contributed by atoms with Gasteiger partial charge in [-0.15, -0.1) is 0 Å². The third-order valence-corrected chi connectivity index (χ3v) is 4.05. The number of benzene rings is 1. The lowest BCUT2D eigenvalue weighted by molar-refractivity contribution is -0.122. The maximum Gasteiger partial charge on any atom is 0.253 e. The highest BCUT2D eigenvalue weighted by molar-refractivity contribution is 6.33. The topological polar surface area (TPSA) is 75.5 Å². The first-order valence-corrected chi connectivity index (χ1v) is 8.18. The number of imidazole rings is 1. The molecule has 0 bridgehead atoms. The first-order valence-electron chi connectivity index (χ1n) is 7.80. The Bertz CT molecular complexity index is 889. The molecule has 2 heterocycles. The van der Waals surface area contributed by atoms with Gasteiger partial charge >= 0.3 is 0 Å². The predicted molar refractivity (Wildman–Crippen MR) is 95.4 cm³/mol. The summed E-state index contributed by atoms with van der Waals surface area (Å²) >= 11 is 5.99. The molecule has 0 aliphatic rings. The van der Waals surface area contributed by atoms with E-state index in [2.05, 4.69) is 15.6 Å². The zero-order chi connectivity index (χ0) is 17.8. The Hall–Kier alpha value is -2.86. The van der Waals surface area contributed by atoms with Crippen LogP contribution in [0.2, 0.25) is 5.02 Å².